The summed E-state index contributed by atoms with van der Waals surface area (Å²) in [6.07, 6.45) is 0. The first kappa shape index (κ1) is 14.0. The van der Waals surface area contributed by atoms with Crippen LogP contribution >= 0.6 is 0 Å². The summed E-state index contributed by atoms with van der Waals surface area (Å²) in [4.78, 5) is 21.9. The molecule has 6 nitrogen and oxygen atoms in total. The molecular weight excluding hydrogens is 232 g/mol. The Hall–Kier alpha value is -2.08. The van der Waals surface area contributed by atoms with Crippen LogP contribution in [-0.4, -0.2) is 31.6 Å². The molecule has 1 aromatic rings. The van der Waals surface area contributed by atoms with E-state index >= 15 is 0 Å². The highest BCUT2D eigenvalue weighted by molar-refractivity contribution is 5.92. The lowest BCUT2D eigenvalue weighted by molar-refractivity contribution is -0.115. The van der Waals surface area contributed by atoms with E-state index in [1.165, 1.54) is 0 Å². The highest BCUT2D eigenvalue weighted by atomic mass is 16.2. The smallest absolute Gasteiger partial charge is 0.312 e. The monoisotopic (exact) mass is 250 g/mol. The molecule has 0 aromatic heterocycles. The number of aryl methyl sites for hydroxylation is 1. The Labute approximate surface area is 106 Å². The van der Waals surface area contributed by atoms with Crippen LogP contribution < -0.4 is 21.7 Å². The van der Waals surface area contributed by atoms with Crippen LogP contribution in [0.2, 0.25) is 0 Å². The molecule has 0 radical (unpaired) electrons. The minimum absolute atomic E-state index is 0.127. The van der Waals surface area contributed by atoms with Gasteiger partial charge in [0.05, 0.1) is 6.54 Å². The van der Waals surface area contributed by atoms with Crippen LogP contribution in [0.1, 0.15) is 5.56 Å². The maximum Gasteiger partial charge on any atom is 0.312 e. The molecule has 0 saturated heterocycles. The lowest BCUT2D eigenvalue weighted by atomic mass is 10.2. The van der Waals surface area contributed by atoms with Gasteiger partial charge in [-0.05, 0) is 19.1 Å². The number of hydrogen-bond donors (Lipinski definition) is 4. The molecule has 3 amide bonds. The molecule has 0 unspecified atom stereocenters. The van der Waals surface area contributed by atoms with Crippen molar-refractivity contribution in [1.29, 1.82) is 0 Å². The van der Waals surface area contributed by atoms with Crippen molar-refractivity contribution in [1.82, 2.24) is 10.6 Å². The van der Waals surface area contributed by atoms with E-state index in [2.05, 4.69) is 16.0 Å². The van der Waals surface area contributed by atoms with Crippen molar-refractivity contribution in [3.05, 3.63) is 29.8 Å². The van der Waals surface area contributed by atoms with Gasteiger partial charge < -0.3 is 21.7 Å². The minimum Gasteiger partial charge on any atom is -0.352 e. The van der Waals surface area contributed by atoms with Gasteiger partial charge >= 0.3 is 6.03 Å². The maximum absolute atomic E-state index is 11.5. The first-order valence-electron chi connectivity index (χ1n) is 5.68. The quantitative estimate of drug-likeness (QED) is 0.543. The molecule has 18 heavy (non-hydrogen) atoms. The molecule has 0 heterocycles. The number of urea groups is 1. The molecule has 1 rings (SSSR count). The first-order valence-corrected chi connectivity index (χ1v) is 5.68. The van der Waals surface area contributed by atoms with E-state index in [1.807, 2.05) is 31.2 Å². The SMILES string of the molecule is Cc1ccc(NC(=O)CNCCNC(N)=O)cc1. The highest BCUT2D eigenvalue weighted by Gasteiger charge is 2.01. The lowest BCUT2D eigenvalue weighted by Gasteiger charge is -2.07. The number of hydrogen-bond acceptors (Lipinski definition) is 3. The van der Waals surface area contributed by atoms with Gasteiger partial charge in [-0.25, -0.2) is 4.79 Å². The Morgan fingerprint density at radius 3 is 2.44 bits per heavy atom. The van der Waals surface area contributed by atoms with E-state index in [9.17, 15) is 9.59 Å². The van der Waals surface area contributed by atoms with Crippen LogP contribution in [-0.2, 0) is 4.79 Å². The zero-order chi connectivity index (χ0) is 13.4. The summed E-state index contributed by atoms with van der Waals surface area (Å²) >= 11 is 0. The van der Waals surface area contributed by atoms with Crippen molar-refractivity contribution in [2.24, 2.45) is 5.73 Å². The molecule has 0 atom stereocenters. The van der Waals surface area contributed by atoms with Gasteiger partial charge in [-0.2, -0.15) is 0 Å². The number of rotatable bonds is 6. The zero-order valence-electron chi connectivity index (χ0n) is 10.3. The van der Waals surface area contributed by atoms with Gasteiger partial charge in [-0.1, -0.05) is 17.7 Å². The number of nitrogens with one attached hydrogen (secondary N) is 3. The van der Waals surface area contributed by atoms with Gasteiger partial charge in [0.2, 0.25) is 5.91 Å². The Kier molecular flexibility index (Phi) is 5.66. The summed E-state index contributed by atoms with van der Waals surface area (Å²) in [7, 11) is 0. The number of carbonyl (C=O) groups is 2. The molecule has 0 spiro atoms. The summed E-state index contributed by atoms with van der Waals surface area (Å²) in [5, 5.41) is 8.06. The Morgan fingerprint density at radius 2 is 1.83 bits per heavy atom. The molecule has 6 heteroatoms. The van der Waals surface area contributed by atoms with Gasteiger partial charge in [-0.3, -0.25) is 4.79 Å². The van der Waals surface area contributed by atoms with Crippen LogP contribution in [0.3, 0.4) is 0 Å². The fourth-order valence-electron chi connectivity index (χ4n) is 1.32. The Morgan fingerprint density at radius 1 is 1.17 bits per heavy atom. The fraction of sp³-hybridized carbons (Fsp3) is 0.333. The van der Waals surface area contributed by atoms with E-state index in [-0.39, 0.29) is 12.5 Å². The molecule has 0 aliphatic carbocycles. The predicted molar refractivity (Wildman–Crippen MR) is 70.3 cm³/mol. The second-order valence-electron chi connectivity index (χ2n) is 3.88. The third-order valence-electron chi connectivity index (χ3n) is 2.22. The normalized spacial score (nSPS) is 9.83. The van der Waals surface area contributed by atoms with Crippen LogP contribution in [0.15, 0.2) is 24.3 Å². The van der Waals surface area contributed by atoms with Crippen LogP contribution in [0.4, 0.5) is 10.5 Å². The molecular formula is C12H18N4O2. The summed E-state index contributed by atoms with van der Waals surface area (Å²) in [5.74, 6) is -0.127. The first-order chi connectivity index (χ1) is 8.58. The number of anilines is 1. The van der Waals surface area contributed by atoms with Crippen LogP contribution in [0.5, 0.6) is 0 Å². The number of primary amides is 1. The van der Waals surface area contributed by atoms with E-state index in [4.69, 9.17) is 5.73 Å². The second-order valence-corrected chi connectivity index (χ2v) is 3.88. The van der Waals surface area contributed by atoms with E-state index < -0.39 is 6.03 Å². The molecule has 0 fully saturated rings. The van der Waals surface area contributed by atoms with E-state index in [0.717, 1.165) is 11.3 Å². The Bertz CT molecular complexity index is 403. The predicted octanol–water partition coefficient (Wildman–Crippen LogP) is 0.191. The second kappa shape index (κ2) is 7.29. The van der Waals surface area contributed by atoms with Crippen molar-refractivity contribution in [3.63, 3.8) is 0 Å². The zero-order valence-corrected chi connectivity index (χ0v) is 10.3. The molecule has 0 saturated carbocycles. The van der Waals surface area contributed by atoms with Gasteiger partial charge in [0.25, 0.3) is 0 Å². The lowest BCUT2D eigenvalue weighted by Crippen LogP contribution is -2.37. The highest BCUT2D eigenvalue weighted by Crippen LogP contribution is 2.07. The van der Waals surface area contributed by atoms with Crippen molar-refractivity contribution in [2.75, 3.05) is 25.0 Å². The summed E-state index contributed by atoms with van der Waals surface area (Å²) in [5.41, 5.74) is 6.80. The average Bonchev–Trinajstić information content (AvgIpc) is 2.31. The van der Waals surface area contributed by atoms with Crippen molar-refractivity contribution in [3.8, 4) is 0 Å². The minimum atomic E-state index is -0.569. The average molecular weight is 250 g/mol. The standard InChI is InChI=1S/C12H18N4O2/c1-9-2-4-10(5-3-9)16-11(17)8-14-6-7-15-12(13)18/h2-5,14H,6-8H2,1H3,(H,16,17)(H3,13,15,18). The topological polar surface area (TPSA) is 96.2 Å². The van der Waals surface area contributed by atoms with Gasteiger partial charge in [0, 0.05) is 18.8 Å². The molecule has 0 bridgehead atoms. The number of amides is 3. The third-order valence-corrected chi connectivity index (χ3v) is 2.22. The Balaban J connectivity index is 2.17. The van der Waals surface area contributed by atoms with Gasteiger partial charge in [-0.15, -0.1) is 0 Å². The number of nitrogens with two attached hydrogens (primary N) is 1. The molecule has 0 aliphatic rings. The maximum atomic E-state index is 11.5. The van der Waals surface area contributed by atoms with E-state index in [1.54, 1.807) is 0 Å². The number of carbonyl (C=O) groups excluding carboxylic acids is 2. The number of benzene rings is 1. The molecule has 1 aromatic carbocycles. The van der Waals surface area contributed by atoms with Gasteiger partial charge in [0.15, 0.2) is 0 Å². The van der Waals surface area contributed by atoms with Crippen molar-refractivity contribution >= 4 is 17.6 Å². The van der Waals surface area contributed by atoms with Gasteiger partial charge in [0.1, 0.15) is 0 Å². The van der Waals surface area contributed by atoms with Crippen molar-refractivity contribution in [2.45, 2.75) is 6.92 Å². The fourth-order valence-corrected chi connectivity index (χ4v) is 1.32. The molecule has 0 aliphatic heterocycles. The summed E-state index contributed by atoms with van der Waals surface area (Å²) in [6.45, 7) is 3.06. The summed E-state index contributed by atoms with van der Waals surface area (Å²) in [6, 6.07) is 6.99. The van der Waals surface area contributed by atoms with Crippen LogP contribution in [0.25, 0.3) is 0 Å². The largest absolute Gasteiger partial charge is 0.352 e. The van der Waals surface area contributed by atoms with Crippen LogP contribution in [0, 0.1) is 6.92 Å². The molecule has 5 N–H and O–H groups in total. The van der Waals surface area contributed by atoms with Crippen molar-refractivity contribution < 1.29 is 9.59 Å². The van der Waals surface area contributed by atoms with E-state index in [0.29, 0.717) is 13.1 Å². The summed E-state index contributed by atoms with van der Waals surface area (Å²) < 4.78 is 0. The molecule has 98 valence electrons. The third kappa shape index (κ3) is 5.86.